The number of hydrazine groups is 1. The number of amides is 1. The summed E-state index contributed by atoms with van der Waals surface area (Å²) in [6, 6.07) is 10.6. The van der Waals surface area contributed by atoms with Crippen LogP contribution in [0.5, 0.6) is 11.5 Å². The number of hydrogen-bond donors (Lipinski definition) is 3. The topological polar surface area (TPSA) is 115 Å². The van der Waals surface area contributed by atoms with Crippen molar-refractivity contribution < 1.29 is 19.2 Å². The van der Waals surface area contributed by atoms with Crippen molar-refractivity contribution in [1.82, 2.24) is 10.9 Å². The highest BCUT2D eigenvalue weighted by Crippen LogP contribution is 2.39. The van der Waals surface area contributed by atoms with Gasteiger partial charge in [-0.1, -0.05) is 26.0 Å². The molecule has 0 unspecified atom stereocenters. The van der Waals surface area contributed by atoms with E-state index in [1.54, 1.807) is 0 Å². The van der Waals surface area contributed by atoms with Crippen LogP contribution in [0, 0.1) is 10.1 Å². The number of anilines is 1. The molecule has 0 fully saturated rings. The maximum absolute atomic E-state index is 12.2. The number of benzene rings is 2. The van der Waals surface area contributed by atoms with Crippen molar-refractivity contribution in [3.05, 3.63) is 52.1 Å². The third kappa shape index (κ3) is 7.00. The van der Waals surface area contributed by atoms with Gasteiger partial charge in [0.05, 0.1) is 35.9 Å². The maximum Gasteiger partial charge on any atom is 0.314 e. The number of nitro benzene ring substituents is 1. The lowest BCUT2D eigenvalue weighted by Crippen LogP contribution is -2.44. The van der Waals surface area contributed by atoms with E-state index in [9.17, 15) is 14.9 Å². The Bertz CT molecular complexity index is 951. The second kappa shape index (κ2) is 11.4. The molecule has 31 heavy (non-hydrogen) atoms. The van der Waals surface area contributed by atoms with Gasteiger partial charge in [-0.2, -0.15) is 0 Å². The Labute approximate surface area is 190 Å². The SMILES string of the molecule is COc1cc([N+](=O)[O-])c(OC)cc1SCC(=O)NNC(=S)Nc1ccc(C(C)C)cc1. The average Bonchev–Trinajstić information content (AvgIpc) is 2.75. The fourth-order valence-electron chi connectivity index (χ4n) is 2.53. The van der Waals surface area contributed by atoms with Gasteiger partial charge in [0.1, 0.15) is 5.75 Å². The van der Waals surface area contributed by atoms with E-state index in [1.165, 1.54) is 31.9 Å². The first-order chi connectivity index (χ1) is 14.7. The molecule has 0 aliphatic heterocycles. The zero-order valence-corrected chi connectivity index (χ0v) is 19.2. The van der Waals surface area contributed by atoms with Crippen molar-refractivity contribution >= 4 is 46.4 Å². The van der Waals surface area contributed by atoms with Gasteiger partial charge >= 0.3 is 5.69 Å². The molecule has 0 saturated carbocycles. The van der Waals surface area contributed by atoms with Crippen molar-refractivity contribution in [2.45, 2.75) is 24.7 Å². The number of methoxy groups -OCH3 is 2. The number of thioether (sulfide) groups is 1. The van der Waals surface area contributed by atoms with Crippen LogP contribution in [-0.2, 0) is 4.79 Å². The minimum absolute atomic E-state index is 0.0238. The van der Waals surface area contributed by atoms with E-state index in [0.717, 1.165) is 17.4 Å². The van der Waals surface area contributed by atoms with Crippen LogP contribution in [0.25, 0.3) is 0 Å². The molecule has 2 aromatic carbocycles. The average molecular weight is 465 g/mol. The molecule has 0 spiro atoms. The highest BCUT2D eigenvalue weighted by atomic mass is 32.2. The summed E-state index contributed by atoms with van der Waals surface area (Å²) in [7, 11) is 2.74. The van der Waals surface area contributed by atoms with Gasteiger partial charge < -0.3 is 14.8 Å². The lowest BCUT2D eigenvalue weighted by Gasteiger charge is -2.13. The Balaban J connectivity index is 1.89. The third-order valence-corrected chi connectivity index (χ3v) is 5.41. The van der Waals surface area contributed by atoms with E-state index in [4.69, 9.17) is 21.7 Å². The predicted octanol–water partition coefficient (Wildman–Crippen LogP) is 3.85. The van der Waals surface area contributed by atoms with Crippen LogP contribution in [-0.4, -0.2) is 35.9 Å². The molecule has 0 bridgehead atoms. The fraction of sp³-hybridized carbons (Fsp3) is 0.300. The normalized spacial score (nSPS) is 10.4. The fourth-order valence-corrected chi connectivity index (χ4v) is 3.53. The standard InChI is InChI=1S/C20H24N4O5S2/c1-12(2)13-5-7-14(8-6-13)21-20(30)23-22-19(25)11-31-18-10-16(28-3)15(24(26)27)9-17(18)29-4/h5-10,12H,11H2,1-4H3,(H,22,25)(H2,21,23,30). The van der Waals surface area contributed by atoms with Crippen LogP contribution < -0.4 is 25.6 Å². The van der Waals surface area contributed by atoms with Gasteiger partial charge in [-0.3, -0.25) is 25.8 Å². The number of nitrogens with zero attached hydrogens (tertiary/aromatic N) is 1. The molecular weight excluding hydrogens is 440 g/mol. The Hall–Kier alpha value is -3.05. The first-order valence-electron chi connectivity index (χ1n) is 9.24. The largest absolute Gasteiger partial charge is 0.495 e. The Morgan fingerprint density at radius 3 is 2.32 bits per heavy atom. The number of rotatable bonds is 8. The molecule has 9 nitrogen and oxygen atoms in total. The van der Waals surface area contributed by atoms with Crippen LogP contribution in [0.1, 0.15) is 25.3 Å². The Morgan fingerprint density at radius 1 is 1.13 bits per heavy atom. The molecule has 3 N–H and O–H groups in total. The Kier molecular flexibility index (Phi) is 8.88. The number of thiocarbonyl (C=S) groups is 1. The molecule has 0 aromatic heterocycles. The summed E-state index contributed by atoms with van der Waals surface area (Å²) in [5.41, 5.74) is 6.95. The maximum atomic E-state index is 12.2. The monoisotopic (exact) mass is 464 g/mol. The molecule has 0 aliphatic carbocycles. The lowest BCUT2D eigenvalue weighted by atomic mass is 10.0. The molecule has 0 radical (unpaired) electrons. The predicted molar refractivity (Wildman–Crippen MR) is 125 cm³/mol. The minimum Gasteiger partial charge on any atom is -0.495 e. The van der Waals surface area contributed by atoms with Crippen molar-refractivity contribution in [3.8, 4) is 11.5 Å². The summed E-state index contributed by atoms with van der Waals surface area (Å²) < 4.78 is 10.3. The molecule has 11 heteroatoms. The first kappa shape index (κ1) is 24.2. The van der Waals surface area contributed by atoms with Gasteiger partial charge in [-0.15, -0.1) is 11.8 Å². The van der Waals surface area contributed by atoms with E-state index >= 15 is 0 Å². The smallest absolute Gasteiger partial charge is 0.314 e. The van der Waals surface area contributed by atoms with Gasteiger partial charge in [0, 0.05) is 11.8 Å². The quantitative estimate of drug-likeness (QED) is 0.232. The first-order valence-corrected chi connectivity index (χ1v) is 10.6. The van der Waals surface area contributed by atoms with Gasteiger partial charge in [0.15, 0.2) is 10.9 Å². The third-order valence-electron chi connectivity index (χ3n) is 4.17. The number of carbonyl (C=O) groups is 1. The highest BCUT2D eigenvalue weighted by Gasteiger charge is 2.20. The second-order valence-corrected chi connectivity index (χ2v) is 8.05. The molecule has 0 heterocycles. The van der Waals surface area contributed by atoms with Crippen molar-refractivity contribution in [2.75, 3.05) is 25.3 Å². The van der Waals surface area contributed by atoms with Crippen molar-refractivity contribution in [3.63, 3.8) is 0 Å². The summed E-state index contributed by atoms with van der Waals surface area (Å²) >= 11 is 6.33. The van der Waals surface area contributed by atoms with Crippen LogP contribution >= 0.6 is 24.0 Å². The van der Waals surface area contributed by atoms with Crippen molar-refractivity contribution in [2.24, 2.45) is 0 Å². The number of nitro groups is 1. The number of nitrogens with one attached hydrogen (secondary N) is 3. The number of carbonyl (C=O) groups excluding carboxylic acids is 1. The van der Waals surface area contributed by atoms with E-state index < -0.39 is 4.92 Å². The zero-order chi connectivity index (χ0) is 23.0. The molecule has 0 saturated heterocycles. The summed E-state index contributed by atoms with van der Waals surface area (Å²) in [5.74, 6) is 0.477. The summed E-state index contributed by atoms with van der Waals surface area (Å²) in [6.07, 6.45) is 0. The van der Waals surface area contributed by atoms with E-state index in [0.29, 0.717) is 10.8 Å². The van der Waals surface area contributed by atoms with Gasteiger partial charge in [-0.25, -0.2) is 0 Å². The van der Waals surface area contributed by atoms with Crippen LogP contribution in [0.2, 0.25) is 0 Å². The van der Waals surface area contributed by atoms with E-state index in [-0.39, 0.29) is 34.0 Å². The molecule has 0 aliphatic rings. The number of hydrogen-bond acceptors (Lipinski definition) is 7. The summed E-state index contributed by atoms with van der Waals surface area (Å²) in [5, 5.41) is 14.4. The molecule has 1 amide bonds. The highest BCUT2D eigenvalue weighted by molar-refractivity contribution is 8.00. The molecule has 166 valence electrons. The van der Waals surface area contributed by atoms with E-state index in [1.807, 2.05) is 24.3 Å². The molecule has 2 aromatic rings. The lowest BCUT2D eigenvalue weighted by molar-refractivity contribution is -0.385. The molecule has 0 atom stereocenters. The Morgan fingerprint density at radius 2 is 1.77 bits per heavy atom. The zero-order valence-electron chi connectivity index (χ0n) is 17.6. The van der Waals surface area contributed by atoms with Gasteiger partial charge in [0.25, 0.3) is 0 Å². The summed E-state index contributed by atoms with van der Waals surface area (Å²) in [4.78, 5) is 23.3. The molecule has 2 rings (SSSR count). The minimum atomic E-state index is -0.559. The van der Waals surface area contributed by atoms with Crippen LogP contribution in [0.15, 0.2) is 41.3 Å². The summed E-state index contributed by atoms with van der Waals surface area (Å²) in [6.45, 7) is 4.23. The van der Waals surface area contributed by atoms with Crippen molar-refractivity contribution in [1.29, 1.82) is 0 Å². The second-order valence-electron chi connectivity index (χ2n) is 6.62. The van der Waals surface area contributed by atoms with E-state index in [2.05, 4.69) is 30.0 Å². The van der Waals surface area contributed by atoms with Crippen LogP contribution in [0.4, 0.5) is 11.4 Å². The number of ether oxygens (including phenoxy) is 2. The van der Waals surface area contributed by atoms with Gasteiger partial charge in [-0.05, 0) is 35.8 Å². The van der Waals surface area contributed by atoms with Crippen LogP contribution in [0.3, 0.4) is 0 Å². The van der Waals surface area contributed by atoms with Gasteiger partial charge in [0.2, 0.25) is 5.91 Å². The molecular formula is C20H24N4O5S2.